The van der Waals surface area contributed by atoms with Gasteiger partial charge < -0.3 is 20.4 Å². The highest BCUT2D eigenvalue weighted by atomic mass is 16.3. The van der Waals surface area contributed by atoms with Crippen molar-refractivity contribution in [2.45, 2.75) is 66.2 Å². The minimum Gasteiger partial charge on any atom is -0.504 e. The zero-order valence-corrected chi connectivity index (χ0v) is 22.3. The smallest absolute Gasteiger partial charge is 0.161 e. The molecule has 0 saturated carbocycles. The van der Waals surface area contributed by atoms with Crippen LogP contribution in [0.25, 0.3) is 0 Å². The maximum Gasteiger partial charge on any atom is 0.161 e. The number of benzene rings is 3. The third-order valence-corrected chi connectivity index (χ3v) is 6.06. The number of phenols is 4. The van der Waals surface area contributed by atoms with Gasteiger partial charge in [0, 0.05) is 23.6 Å². The Morgan fingerprint density at radius 1 is 0.556 bits per heavy atom. The summed E-state index contributed by atoms with van der Waals surface area (Å²) in [6.45, 7) is 15.7. The fourth-order valence-electron chi connectivity index (χ4n) is 3.93. The molecular formula is C30H36N2O4. The first-order valence-corrected chi connectivity index (χ1v) is 11.9. The van der Waals surface area contributed by atoms with Crippen molar-refractivity contribution in [3.8, 4) is 23.0 Å². The summed E-state index contributed by atoms with van der Waals surface area (Å²) in [5.41, 5.74) is 5.40. The van der Waals surface area contributed by atoms with Crippen LogP contribution in [0.15, 0.2) is 46.4 Å². The van der Waals surface area contributed by atoms with Crippen molar-refractivity contribution in [3.63, 3.8) is 0 Å². The highest BCUT2D eigenvalue weighted by Crippen LogP contribution is 2.39. The Kier molecular flexibility index (Phi) is 7.21. The van der Waals surface area contributed by atoms with E-state index in [9.17, 15) is 20.4 Å². The molecule has 0 aliphatic rings. The van der Waals surface area contributed by atoms with E-state index in [1.807, 2.05) is 79.7 Å². The van der Waals surface area contributed by atoms with Gasteiger partial charge in [0.1, 0.15) is 0 Å². The molecule has 0 aliphatic carbocycles. The molecule has 0 bridgehead atoms. The molecule has 3 rings (SSSR count). The first kappa shape index (κ1) is 26.8. The largest absolute Gasteiger partial charge is 0.504 e. The average Bonchev–Trinajstić information content (AvgIpc) is 2.75. The first-order valence-electron chi connectivity index (χ1n) is 11.9. The molecule has 0 unspecified atom stereocenters. The van der Waals surface area contributed by atoms with E-state index in [-0.39, 0.29) is 33.8 Å². The van der Waals surface area contributed by atoms with Gasteiger partial charge in [-0.25, -0.2) is 0 Å². The van der Waals surface area contributed by atoms with Crippen molar-refractivity contribution >= 4 is 23.8 Å². The van der Waals surface area contributed by atoms with Gasteiger partial charge in [0.15, 0.2) is 23.0 Å². The molecule has 0 heterocycles. The highest BCUT2D eigenvalue weighted by Gasteiger charge is 2.22. The average molecular weight is 489 g/mol. The summed E-state index contributed by atoms with van der Waals surface area (Å²) in [5.74, 6) is -0.552. The lowest BCUT2D eigenvalue weighted by molar-refractivity contribution is 0.389. The van der Waals surface area contributed by atoms with Crippen LogP contribution in [0.3, 0.4) is 0 Å². The van der Waals surface area contributed by atoms with Gasteiger partial charge in [-0.05, 0) is 83.3 Å². The third-order valence-electron chi connectivity index (χ3n) is 6.06. The highest BCUT2D eigenvalue weighted by molar-refractivity contribution is 5.86. The second-order valence-electron chi connectivity index (χ2n) is 11.3. The van der Waals surface area contributed by atoms with Crippen molar-refractivity contribution in [1.29, 1.82) is 0 Å². The topological polar surface area (TPSA) is 106 Å². The van der Waals surface area contributed by atoms with Crippen LogP contribution in [0.2, 0.25) is 0 Å². The number of aliphatic imine (C=N–C) groups is 2. The lowest BCUT2D eigenvalue weighted by Gasteiger charge is -2.21. The second kappa shape index (κ2) is 9.69. The Hall–Kier alpha value is -3.80. The van der Waals surface area contributed by atoms with E-state index in [1.165, 1.54) is 12.1 Å². The predicted molar refractivity (Wildman–Crippen MR) is 147 cm³/mol. The fourth-order valence-corrected chi connectivity index (χ4v) is 3.93. The number of rotatable bonds is 4. The quantitative estimate of drug-likeness (QED) is 0.230. The molecule has 0 amide bonds. The Labute approximate surface area is 213 Å². The van der Waals surface area contributed by atoms with Crippen molar-refractivity contribution in [2.24, 2.45) is 9.98 Å². The van der Waals surface area contributed by atoms with Crippen LogP contribution in [0.1, 0.15) is 74.9 Å². The molecule has 0 atom stereocenters. The number of phenolic OH excluding ortho intramolecular Hbond substituents is 4. The van der Waals surface area contributed by atoms with Crippen LogP contribution in [-0.4, -0.2) is 32.9 Å². The fraction of sp³-hybridized carbons (Fsp3) is 0.333. The number of hydrogen-bond acceptors (Lipinski definition) is 6. The molecule has 190 valence electrons. The van der Waals surface area contributed by atoms with Gasteiger partial charge in [0.05, 0.1) is 11.4 Å². The van der Waals surface area contributed by atoms with Crippen molar-refractivity contribution in [3.05, 3.63) is 69.8 Å². The van der Waals surface area contributed by atoms with Crippen LogP contribution in [0.5, 0.6) is 23.0 Å². The first-order chi connectivity index (χ1) is 16.6. The van der Waals surface area contributed by atoms with Gasteiger partial charge in [-0.2, -0.15) is 0 Å². The van der Waals surface area contributed by atoms with Gasteiger partial charge in [-0.15, -0.1) is 0 Å². The van der Waals surface area contributed by atoms with E-state index < -0.39 is 0 Å². The summed E-state index contributed by atoms with van der Waals surface area (Å²) in [7, 11) is 0. The molecule has 0 aliphatic heterocycles. The molecule has 0 aromatic heterocycles. The maximum atomic E-state index is 10.2. The molecule has 3 aromatic carbocycles. The Morgan fingerprint density at radius 3 is 1.19 bits per heavy atom. The van der Waals surface area contributed by atoms with E-state index in [0.29, 0.717) is 22.3 Å². The molecule has 3 aromatic rings. The lowest BCUT2D eigenvalue weighted by Crippen LogP contribution is -2.11. The minimum atomic E-state index is -0.334. The number of aromatic hydroxyl groups is 4. The maximum absolute atomic E-state index is 10.2. The summed E-state index contributed by atoms with van der Waals surface area (Å²) in [5, 5.41) is 40.8. The van der Waals surface area contributed by atoms with Gasteiger partial charge in [0.2, 0.25) is 0 Å². The van der Waals surface area contributed by atoms with Crippen molar-refractivity contribution in [1.82, 2.24) is 0 Å². The molecule has 0 fully saturated rings. The zero-order chi connectivity index (χ0) is 27.0. The lowest BCUT2D eigenvalue weighted by atomic mass is 9.85. The molecular weight excluding hydrogens is 452 g/mol. The summed E-state index contributed by atoms with van der Waals surface area (Å²) < 4.78 is 0. The Balaban J connectivity index is 1.92. The SMILES string of the molecule is Cc1cc(N=Cc2cc(O)c(O)c(C(C)(C)C)c2)c(C)cc1N=Cc1cc(O)c(O)c(C(C)(C)C)c1. The number of aryl methyl sites for hydroxylation is 2. The molecule has 6 nitrogen and oxygen atoms in total. The molecule has 0 saturated heterocycles. The number of nitrogens with zero attached hydrogens (tertiary/aromatic N) is 2. The van der Waals surface area contributed by atoms with E-state index in [1.54, 1.807) is 12.4 Å². The molecule has 6 heteroatoms. The standard InChI is InChI=1S/C30H36N2O4/c1-17-9-24(32-16-20-12-22(30(6,7)8)28(36)26(34)14-20)18(2)10-23(17)31-15-19-11-21(29(3,4)5)27(35)25(33)13-19/h9-16,33-36H,1-8H3. The van der Waals surface area contributed by atoms with Gasteiger partial charge in [0.25, 0.3) is 0 Å². The van der Waals surface area contributed by atoms with E-state index in [4.69, 9.17) is 0 Å². The normalized spacial score (nSPS) is 12.7. The zero-order valence-electron chi connectivity index (χ0n) is 22.3. The minimum absolute atomic E-state index is 0.106. The van der Waals surface area contributed by atoms with Crippen LogP contribution in [0.4, 0.5) is 11.4 Å². The summed E-state index contributed by atoms with van der Waals surface area (Å²) >= 11 is 0. The summed E-state index contributed by atoms with van der Waals surface area (Å²) in [6, 6.07) is 10.5. The monoisotopic (exact) mass is 488 g/mol. The van der Waals surface area contributed by atoms with Gasteiger partial charge >= 0.3 is 0 Å². The van der Waals surface area contributed by atoms with Crippen LogP contribution >= 0.6 is 0 Å². The Bertz CT molecular complexity index is 1250. The second-order valence-corrected chi connectivity index (χ2v) is 11.3. The summed E-state index contributed by atoms with van der Waals surface area (Å²) in [4.78, 5) is 9.24. The van der Waals surface area contributed by atoms with Crippen molar-refractivity contribution < 1.29 is 20.4 Å². The molecule has 36 heavy (non-hydrogen) atoms. The molecule has 4 N–H and O–H groups in total. The van der Waals surface area contributed by atoms with E-state index in [0.717, 1.165) is 22.5 Å². The number of hydrogen-bond donors (Lipinski definition) is 4. The van der Waals surface area contributed by atoms with Crippen molar-refractivity contribution in [2.75, 3.05) is 0 Å². The molecule has 0 radical (unpaired) electrons. The van der Waals surface area contributed by atoms with Crippen LogP contribution in [-0.2, 0) is 10.8 Å². The third kappa shape index (κ3) is 5.88. The predicted octanol–water partition coefficient (Wildman–Crippen LogP) is 7.22. The summed E-state index contributed by atoms with van der Waals surface area (Å²) in [6.07, 6.45) is 3.35. The van der Waals surface area contributed by atoms with Gasteiger partial charge in [-0.3, -0.25) is 9.98 Å². The van der Waals surface area contributed by atoms with Gasteiger partial charge in [-0.1, -0.05) is 41.5 Å². The Morgan fingerprint density at radius 2 is 0.889 bits per heavy atom. The van der Waals surface area contributed by atoms with Crippen LogP contribution in [0, 0.1) is 13.8 Å². The molecule has 0 spiro atoms. The van der Waals surface area contributed by atoms with E-state index in [2.05, 4.69) is 9.98 Å². The van der Waals surface area contributed by atoms with Crippen LogP contribution < -0.4 is 0 Å². The van der Waals surface area contributed by atoms with E-state index >= 15 is 0 Å².